The van der Waals surface area contributed by atoms with Crippen molar-refractivity contribution in [2.75, 3.05) is 6.61 Å². The third-order valence-electron chi connectivity index (χ3n) is 3.58. The number of benzene rings is 1. The van der Waals surface area contributed by atoms with Crippen LogP contribution in [0.15, 0.2) is 34.9 Å². The summed E-state index contributed by atoms with van der Waals surface area (Å²) >= 11 is 0. The predicted molar refractivity (Wildman–Crippen MR) is 74.1 cm³/mol. The van der Waals surface area contributed by atoms with E-state index in [1.54, 1.807) is 0 Å². The van der Waals surface area contributed by atoms with Crippen molar-refractivity contribution in [2.24, 2.45) is 5.73 Å². The predicted octanol–water partition coefficient (Wildman–Crippen LogP) is 2.23. The fraction of sp³-hybridized carbons (Fsp3) is 0.467. The molecule has 1 aliphatic rings. The quantitative estimate of drug-likeness (QED) is 0.873. The van der Waals surface area contributed by atoms with E-state index in [-0.39, 0.29) is 6.04 Å². The molecular formula is C15H19N3O2. The summed E-state index contributed by atoms with van der Waals surface area (Å²) in [6.07, 6.45) is 4.53. The molecule has 0 saturated heterocycles. The van der Waals surface area contributed by atoms with Gasteiger partial charge < -0.3 is 15.0 Å². The highest BCUT2D eigenvalue weighted by Gasteiger charge is 2.21. The second-order valence-electron chi connectivity index (χ2n) is 5.20. The van der Waals surface area contributed by atoms with E-state index in [9.17, 15) is 0 Å². The smallest absolute Gasteiger partial charge is 0.231 e. The van der Waals surface area contributed by atoms with E-state index >= 15 is 0 Å². The molecule has 106 valence electrons. The molecule has 1 heterocycles. The van der Waals surface area contributed by atoms with E-state index in [1.807, 2.05) is 30.3 Å². The number of rotatable bonds is 6. The van der Waals surface area contributed by atoms with Crippen LogP contribution < -0.4 is 5.73 Å². The van der Waals surface area contributed by atoms with E-state index in [0.29, 0.717) is 30.8 Å². The minimum Gasteiger partial charge on any atom is -0.376 e. The molecule has 1 saturated carbocycles. The van der Waals surface area contributed by atoms with E-state index in [4.69, 9.17) is 15.0 Å². The maximum atomic E-state index is 6.02. The third-order valence-corrected chi connectivity index (χ3v) is 3.58. The van der Waals surface area contributed by atoms with E-state index in [1.165, 1.54) is 6.42 Å². The molecule has 3 rings (SSSR count). The van der Waals surface area contributed by atoms with Crippen LogP contribution in [0.1, 0.15) is 42.6 Å². The Hall–Kier alpha value is -1.72. The fourth-order valence-electron chi connectivity index (χ4n) is 2.11. The zero-order valence-electron chi connectivity index (χ0n) is 11.4. The van der Waals surface area contributed by atoms with Crippen LogP contribution in [-0.4, -0.2) is 22.9 Å². The van der Waals surface area contributed by atoms with Gasteiger partial charge in [-0.3, -0.25) is 0 Å². The molecule has 1 unspecified atom stereocenters. The average Bonchev–Trinajstić information content (AvgIpc) is 2.86. The fourth-order valence-corrected chi connectivity index (χ4v) is 2.11. The molecule has 5 nitrogen and oxygen atoms in total. The number of nitrogens with two attached hydrogens (primary N) is 1. The van der Waals surface area contributed by atoms with Gasteiger partial charge in [0.05, 0.1) is 25.2 Å². The Morgan fingerprint density at radius 1 is 1.30 bits per heavy atom. The van der Waals surface area contributed by atoms with Gasteiger partial charge in [0.2, 0.25) is 5.89 Å². The standard InChI is InChI=1S/C15H19N3O2/c16-13(10-19-12-7-4-8-12)15-17-14(20-18-15)9-11-5-2-1-3-6-11/h1-3,5-6,12-13H,4,7-10,16H2. The molecule has 0 amide bonds. The summed E-state index contributed by atoms with van der Waals surface area (Å²) in [7, 11) is 0. The van der Waals surface area contributed by atoms with Gasteiger partial charge in [-0.1, -0.05) is 35.5 Å². The molecular weight excluding hydrogens is 254 g/mol. The molecule has 1 aliphatic carbocycles. The van der Waals surface area contributed by atoms with Gasteiger partial charge in [0, 0.05) is 0 Å². The summed E-state index contributed by atoms with van der Waals surface area (Å²) in [5.74, 6) is 1.11. The molecule has 1 fully saturated rings. The number of aromatic nitrogens is 2. The largest absolute Gasteiger partial charge is 0.376 e. The van der Waals surface area contributed by atoms with Crippen LogP contribution in [0, 0.1) is 0 Å². The van der Waals surface area contributed by atoms with Gasteiger partial charge in [0.1, 0.15) is 0 Å². The maximum absolute atomic E-state index is 6.02. The first kappa shape index (κ1) is 13.3. The van der Waals surface area contributed by atoms with Crippen molar-refractivity contribution in [3.05, 3.63) is 47.6 Å². The zero-order chi connectivity index (χ0) is 13.8. The Bertz CT molecular complexity index is 537. The molecule has 0 radical (unpaired) electrons. The van der Waals surface area contributed by atoms with Crippen LogP contribution in [-0.2, 0) is 11.2 Å². The Balaban J connectivity index is 1.55. The second kappa shape index (κ2) is 6.15. The highest BCUT2D eigenvalue weighted by atomic mass is 16.5. The Morgan fingerprint density at radius 2 is 2.10 bits per heavy atom. The average molecular weight is 273 g/mol. The van der Waals surface area contributed by atoms with Gasteiger partial charge in [-0.15, -0.1) is 0 Å². The summed E-state index contributed by atoms with van der Waals surface area (Å²) in [4.78, 5) is 4.34. The number of nitrogens with zero attached hydrogens (tertiary/aromatic N) is 2. The molecule has 5 heteroatoms. The number of hydrogen-bond acceptors (Lipinski definition) is 5. The molecule has 2 aromatic rings. The molecule has 0 bridgehead atoms. The van der Waals surface area contributed by atoms with Crippen LogP contribution in [0.5, 0.6) is 0 Å². The summed E-state index contributed by atoms with van der Waals surface area (Å²) in [6.45, 7) is 0.453. The highest BCUT2D eigenvalue weighted by Crippen LogP contribution is 2.23. The summed E-state index contributed by atoms with van der Waals surface area (Å²) in [5.41, 5.74) is 7.16. The zero-order valence-corrected chi connectivity index (χ0v) is 11.4. The van der Waals surface area contributed by atoms with Gasteiger partial charge in [-0.2, -0.15) is 4.98 Å². The Kier molecular flexibility index (Phi) is 4.08. The van der Waals surface area contributed by atoms with Crippen LogP contribution in [0.2, 0.25) is 0 Å². The first-order chi connectivity index (χ1) is 9.81. The molecule has 1 aromatic heterocycles. The van der Waals surface area contributed by atoms with E-state index in [2.05, 4.69) is 10.1 Å². The van der Waals surface area contributed by atoms with Gasteiger partial charge in [-0.05, 0) is 24.8 Å². The van der Waals surface area contributed by atoms with Crippen LogP contribution >= 0.6 is 0 Å². The van der Waals surface area contributed by atoms with Gasteiger partial charge in [-0.25, -0.2) is 0 Å². The van der Waals surface area contributed by atoms with Crippen molar-refractivity contribution >= 4 is 0 Å². The molecule has 0 spiro atoms. The highest BCUT2D eigenvalue weighted by molar-refractivity contribution is 5.18. The van der Waals surface area contributed by atoms with E-state index in [0.717, 1.165) is 18.4 Å². The number of hydrogen-bond donors (Lipinski definition) is 1. The Morgan fingerprint density at radius 3 is 2.80 bits per heavy atom. The summed E-state index contributed by atoms with van der Waals surface area (Å²) in [5, 5.41) is 3.94. The minimum atomic E-state index is -0.316. The molecule has 0 aliphatic heterocycles. The summed E-state index contributed by atoms with van der Waals surface area (Å²) < 4.78 is 10.9. The third kappa shape index (κ3) is 3.23. The Labute approximate surface area is 118 Å². The lowest BCUT2D eigenvalue weighted by Gasteiger charge is -2.26. The van der Waals surface area contributed by atoms with Crippen molar-refractivity contribution in [3.63, 3.8) is 0 Å². The van der Waals surface area contributed by atoms with Crippen LogP contribution in [0.25, 0.3) is 0 Å². The van der Waals surface area contributed by atoms with Crippen molar-refractivity contribution in [2.45, 2.75) is 37.8 Å². The van der Waals surface area contributed by atoms with Crippen LogP contribution in [0.4, 0.5) is 0 Å². The van der Waals surface area contributed by atoms with Crippen molar-refractivity contribution in [1.29, 1.82) is 0 Å². The first-order valence-corrected chi connectivity index (χ1v) is 7.05. The lowest BCUT2D eigenvalue weighted by atomic mass is 9.96. The van der Waals surface area contributed by atoms with E-state index < -0.39 is 0 Å². The second-order valence-corrected chi connectivity index (χ2v) is 5.20. The van der Waals surface area contributed by atoms with Gasteiger partial charge in [0.15, 0.2) is 5.82 Å². The molecule has 1 aromatic carbocycles. The van der Waals surface area contributed by atoms with Crippen molar-refractivity contribution in [1.82, 2.24) is 10.1 Å². The lowest BCUT2D eigenvalue weighted by molar-refractivity contribution is -0.00549. The topological polar surface area (TPSA) is 74.2 Å². The van der Waals surface area contributed by atoms with Crippen molar-refractivity contribution in [3.8, 4) is 0 Å². The van der Waals surface area contributed by atoms with Crippen molar-refractivity contribution < 1.29 is 9.26 Å². The van der Waals surface area contributed by atoms with Gasteiger partial charge in [0.25, 0.3) is 0 Å². The first-order valence-electron chi connectivity index (χ1n) is 7.05. The molecule has 1 atom stereocenters. The molecule has 2 N–H and O–H groups in total. The minimum absolute atomic E-state index is 0.316. The SMILES string of the molecule is NC(COC1CCC1)c1noc(Cc2ccccc2)n1. The lowest BCUT2D eigenvalue weighted by Crippen LogP contribution is -2.27. The van der Waals surface area contributed by atoms with Crippen LogP contribution in [0.3, 0.4) is 0 Å². The summed E-state index contributed by atoms with van der Waals surface area (Å²) in [6, 6.07) is 9.71. The van der Waals surface area contributed by atoms with Gasteiger partial charge >= 0.3 is 0 Å². The number of ether oxygens (including phenoxy) is 1. The maximum Gasteiger partial charge on any atom is 0.231 e. The monoisotopic (exact) mass is 273 g/mol. The molecule has 20 heavy (non-hydrogen) atoms. The normalized spacial score (nSPS) is 16.9.